The summed E-state index contributed by atoms with van der Waals surface area (Å²) in [6.07, 6.45) is 0. The minimum absolute atomic E-state index is 0.903. The zero-order valence-corrected chi connectivity index (χ0v) is 19.3. The Kier molecular flexibility index (Phi) is 3.17. The molecule has 0 spiro atoms. The van der Waals surface area contributed by atoms with E-state index in [2.05, 4.69) is 89.3 Å². The number of thiophene rings is 1. The van der Waals surface area contributed by atoms with Gasteiger partial charge in [0.15, 0.2) is 0 Å². The highest BCUT2D eigenvalue weighted by molar-refractivity contribution is 7.26. The van der Waals surface area contributed by atoms with E-state index in [1.54, 1.807) is 0 Å². The van der Waals surface area contributed by atoms with E-state index in [1.165, 1.54) is 36.3 Å². The van der Waals surface area contributed by atoms with E-state index in [0.717, 1.165) is 44.1 Å². The van der Waals surface area contributed by atoms with Crippen molar-refractivity contribution < 1.29 is 4.42 Å². The SMILES string of the molecule is c1ccc2c(c1)nc1c3c(ccc4c5ccccc5sc43)c3ccc4oc5ccccc5c4c3n21. The van der Waals surface area contributed by atoms with E-state index in [-0.39, 0.29) is 0 Å². The van der Waals surface area contributed by atoms with Crippen LogP contribution in [0.25, 0.3) is 80.5 Å². The Morgan fingerprint density at radius 2 is 1.37 bits per heavy atom. The molecule has 4 heterocycles. The highest BCUT2D eigenvalue weighted by atomic mass is 32.1. The second kappa shape index (κ2) is 6.17. The van der Waals surface area contributed by atoms with Crippen LogP contribution < -0.4 is 0 Å². The van der Waals surface area contributed by atoms with Crippen molar-refractivity contribution >= 4 is 91.8 Å². The first kappa shape index (κ1) is 18.0. The second-order valence-electron chi connectivity index (χ2n) is 9.16. The molecule has 4 aromatic heterocycles. The van der Waals surface area contributed by atoms with Gasteiger partial charge in [0.25, 0.3) is 0 Å². The summed E-state index contributed by atoms with van der Waals surface area (Å²) in [7, 11) is 0. The Hall–Kier alpha value is -4.41. The fraction of sp³-hybridized carbons (Fsp3) is 0. The quantitative estimate of drug-likeness (QED) is 0.210. The Morgan fingerprint density at radius 3 is 2.34 bits per heavy atom. The molecule has 9 aromatic rings. The number of pyridine rings is 1. The molecule has 0 atom stereocenters. The van der Waals surface area contributed by atoms with Gasteiger partial charge in [-0.3, -0.25) is 4.40 Å². The Labute approximate surface area is 202 Å². The lowest BCUT2D eigenvalue weighted by Gasteiger charge is -2.11. The number of benzene rings is 5. The van der Waals surface area contributed by atoms with Gasteiger partial charge in [-0.2, -0.15) is 0 Å². The molecular formula is C31H16N2OS. The van der Waals surface area contributed by atoms with Crippen LogP contribution in [0.1, 0.15) is 0 Å². The highest BCUT2D eigenvalue weighted by Gasteiger charge is 2.21. The molecule has 0 aliphatic heterocycles. The monoisotopic (exact) mass is 464 g/mol. The minimum atomic E-state index is 0.903. The largest absolute Gasteiger partial charge is 0.456 e. The Bertz CT molecular complexity index is 2330. The molecule has 0 aliphatic rings. The first-order valence-electron chi connectivity index (χ1n) is 11.7. The molecule has 35 heavy (non-hydrogen) atoms. The molecule has 0 unspecified atom stereocenters. The number of nitrogens with zero attached hydrogens (tertiary/aromatic N) is 2. The summed E-state index contributed by atoms with van der Waals surface area (Å²) in [6.45, 7) is 0. The van der Waals surface area contributed by atoms with Crippen LogP contribution in [-0.2, 0) is 0 Å². The van der Waals surface area contributed by atoms with Crippen molar-refractivity contribution in [3.8, 4) is 0 Å². The normalized spacial score (nSPS) is 12.6. The zero-order chi connectivity index (χ0) is 22.7. The van der Waals surface area contributed by atoms with E-state index < -0.39 is 0 Å². The lowest BCUT2D eigenvalue weighted by molar-refractivity contribution is 0.669. The molecule has 0 N–H and O–H groups in total. The van der Waals surface area contributed by atoms with Crippen LogP contribution in [0, 0.1) is 0 Å². The van der Waals surface area contributed by atoms with E-state index >= 15 is 0 Å². The van der Waals surface area contributed by atoms with Gasteiger partial charge in [0.1, 0.15) is 16.8 Å². The third kappa shape index (κ3) is 2.14. The van der Waals surface area contributed by atoms with Crippen LogP contribution in [0.4, 0.5) is 0 Å². The smallest absolute Gasteiger partial charge is 0.147 e. The van der Waals surface area contributed by atoms with E-state index in [1.807, 2.05) is 23.5 Å². The van der Waals surface area contributed by atoms with Crippen LogP contribution in [0.5, 0.6) is 0 Å². The van der Waals surface area contributed by atoms with Crippen molar-refractivity contribution in [2.75, 3.05) is 0 Å². The molecule has 0 amide bonds. The molecule has 0 radical (unpaired) electrons. The summed E-state index contributed by atoms with van der Waals surface area (Å²) in [6, 6.07) is 34.4. The summed E-state index contributed by atoms with van der Waals surface area (Å²) in [4.78, 5) is 5.22. The molecule has 0 fully saturated rings. The Morgan fingerprint density at radius 1 is 0.600 bits per heavy atom. The first-order valence-corrected chi connectivity index (χ1v) is 12.6. The van der Waals surface area contributed by atoms with Crippen molar-refractivity contribution in [1.82, 2.24) is 9.38 Å². The number of hydrogen-bond acceptors (Lipinski definition) is 3. The van der Waals surface area contributed by atoms with Crippen molar-refractivity contribution in [3.05, 3.63) is 97.1 Å². The van der Waals surface area contributed by atoms with Gasteiger partial charge >= 0.3 is 0 Å². The van der Waals surface area contributed by atoms with Gasteiger partial charge in [-0.1, -0.05) is 60.7 Å². The lowest BCUT2D eigenvalue weighted by atomic mass is 10.0. The predicted octanol–water partition coefficient (Wildman–Crippen LogP) is 9.06. The standard InChI is InChI=1S/C31H16N2OS/c1-5-11-24-21(8-1)27-25(34-24)16-15-19-18-13-14-20-17-7-2-6-12-26(17)35-30(20)28(18)31-32-22-9-3-4-10-23(22)33(31)29(19)27/h1-16H. The van der Waals surface area contributed by atoms with Crippen molar-refractivity contribution in [3.63, 3.8) is 0 Å². The van der Waals surface area contributed by atoms with Gasteiger partial charge in [0.05, 0.1) is 21.9 Å². The molecule has 162 valence electrons. The predicted molar refractivity (Wildman–Crippen MR) is 148 cm³/mol. The van der Waals surface area contributed by atoms with E-state index in [4.69, 9.17) is 9.40 Å². The molecule has 0 saturated carbocycles. The lowest BCUT2D eigenvalue weighted by Crippen LogP contribution is -1.92. The summed E-state index contributed by atoms with van der Waals surface area (Å²) in [5.74, 6) is 0. The maximum absolute atomic E-state index is 6.29. The second-order valence-corrected chi connectivity index (χ2v) is 10.2. The third-order valence-corrected chi connectivity index (χ3v) is 8.57. The van der Waals surface area contributed by atoms with Crippen LogP contribution in [0.15, 0.2) is 101 Å². The molecule has 5 aromatic carbocycles. The van der Waals surface area contributed by atoms with Gasteiger partial charge in [0.2, 0.25) is 0 Å². The fourth-order valence-electron chi connectivity index (χ4n) is 5.90. The number of hydrogen-bond donors (Lipinski definition) is 0. The van der Waals surface area contributed by atoms with Gasteiger partial charge in [0, 0.05) is 36.3 Å². The average Bonchev–Trinajstić information content (AvgIpc) is 3.59. The van der Waals surface area contributed by atoms with Crippen LogP contribution in [0.2, 0.25) is 0 Å². The fourth-order valence-corrected chi connectivity index (χ4v) is 7.15. The van der Waals surface area contributed by atoms with Gasteiger partial charge in [-0.05, 0) is 41.8 Å². The highest BCUT2D eigenvalue weighted by Crippen LogP contribution is 2.45. The topological polar surface area (TPSA) is 30.4 Å². The van der Waals surface area contributed by atoms with Crippen LogP contribution in [0.3, 0.4) is 0 Å². The number of fused-ring (bicyclic) bond motifs is 16. The Balaban J connectivity index is 1.67. The molecule has 3 nitrogen and oxygen atoms in total. The third-order valence-electron chi connectivity index (χ3n) is 7.36. The van der Waals surface area contributed by atoms with Gasteiger partial charge in [-0.25, -0.2) is 4.98 Å². The summed E-state index contributed by atoms with van der Waals surface area (Å²) < 4.78 is 11.3. The summed E-state index contributed by atoms with van der Waals surface area (Å²) >= 11 is 1.86. The maximum atomic E-state index is 6.29. The number of furan rings is 1. The van der Waals surface area contributed by atoms with E-state index in [0.29, 0.717) is 0 Å². The van der Waals surface area contributed by atoms with Crippen LogP contribution in [-0.4, -0.2) is 9.38 Å². The number of para-hydroxylation sites is 3. The van der Waals surface area contributed by atoms with Crippen molar-refractivity contribution in [2.24, 2.45) is 0 Å². The number of imidazole rings is 1. The molecule has 0 aliphatic carbocycles. The minimum Gasteiger partial charge on any atom is -0.456 e. The number of rotatable bonds is 0. The molecular weight excluding hydrogens is 448 g/mol. The molecule has 0 bridgehead atoms. The van der Waals surface area contributed by atoms with Crippen molar-refractivity contribution in [1.29, 1.82) is 0 Å². The molecule has 4 heteroatoms. The van der Waals surface area contributed by atoms with Gasteiger partial charge < -0.3 is 4.42 Å². The van der Waals surface area contributed by atoms with Gasteiger partial charge in [-0.15, -0.1) is 11.3 Å². The van der Waals surface area contributed by atoms with Crippen molar-refractivity contribution in [2.45, 2.75) is 0 Å². The first-order chi connectivity index (χ1) is 17.4. The average molecular weight is 465 g/mol. The van der Waals surface area contributed by atoms with E-state index in [9.17, 15) is 0 Å². The maximum Gasteiger partial charge on any atom is 0.147 e. The zero-order valence-electron chi connectivity index (χ0n) is 18.4. The summed E-state index contributed by atoms with van der Waals surface area (Å²) in [5, 5.41) is 8.54. The number of aromatic nitrogens is 2. The molecule has 9 rings (SSSR count). The molecule has 0 saturated heterocycles. The van der Waals surface area contributed by atoms with Crippen LogP contribution >= 0.6 is 11.3 Å². The summed E-state index contributed by atoms with van der Waals surface area (Å²) in [5.41, 5.74) is 6.09.